The van der Waals surface area contributed by atoms with Crippen molar-refractivity contribution in [3.63, 3.8) is 0 Å². The van der Waals surface area contributed by atoms with Crippen LogP contribution in [0.4, 0.5) is 4.39 Å². The predicted octanol–water partition coefficient (Wildman–Crippen LogP) is 4.74. The summed E-state index contributed by atoms with van der Waals surface area (Å²) in [6.45, 7) is 4.41. The summed E-state index contributed by atoms with van der Waals surface area (Å²) in [5, 5.41) is 3.56. The second kappa shape index (κ2) is 8.14. The van der Waals surface area contributed by atoms with Gasteiger partial charge >= 0.3 is 0 Å². The Kier molecular flexibility index (Phi) is 5.56. The molecule has 5 nitrogen and oxygen atoms in total. The number of nitrogens with zero attached hydrogens (tertiary/aromatic N) is 1. The van der Waals surface area contributed by atoms with E-state index in [9.17, 15) is 14.0 Å². The van der Waals surface area contributed by atoms with Crippen LogP contribution in [0.15, 0.2) is 47.3 Å². The molecule has 0 aliphatic heterocycles. The topological polar surface area (TPSA) is 66.9 Å². The van der Waals surface area contributed by atoms with E-state index in [1.165, 1.54) is 35.3 Å². The zero-order valence-corrected chi connectivity index (χ0v) is 17.8. The molecule has 1 aromatic heterocycles. The third-order valence-electron chi connectivity index (χ3n) is 6.27. The van der Waals surface area contributed by atoms with E-state index in [4.69, 9.17) is 12.2 Å². The molecule has 1 saturated carbocycles. The van der Waals surface area contributed by atoms with Crippen LogP contribution in [0.3, 0.4) is 0 Å². The van der Waals surface area contributed by atoms with Gasteiger partial charge in [0, 0.05) is 11.6 Å². The Morgan fingerprint density at radius 1 is 1.17 bits per heavy atom. The molecule has 1 amide bonds. The first-order valence-corrected chi connectivity index (χ1v) is 10.6. The smallest absolute Gasteiger partial charge is 0.266 e. The van der Waals surface area contributed by atoms with Gasteiger partial charge < -0.3 is 10.3 Å². The molecule has 30 heavy (non-hydrogen) atoms. The SMILES string of the molecule is C[C@H]1[C@H](C)CCC[C@H]1NC(=O)c1ccc2c(=O)n(-c3ccc(F)cc3)c(=S)[nH]c2c1. The molecule has 156 valence electrons. The van der Waals surface area contributed by atoms with Crippen molar-refractivity contribution in [3.05, 3.63) is 69.0 Å². The van der Waals surface area contributed by atoms with E-state index in [1.807, 2.05) is 0 Å². The number of hydrogen-bond donors (Lipinski definition) is 2. The summed E-state index contributed by atoms with van der Waals surface area (Å²) >= 11 is 5.36. The highest BCUT2D eigenvalue weighted by Gasteiger charge is 2.28. The van der Waals surface area contributed by atoms with E-state index in [-0.39, 0.29) is 28.1 Å². The Balaban J connectivity index is 1.67. The number of rotatable bonds is 3. The van der Waals surface area contributed by atoms with E-state index in [2.05, 4.69) is 24.1 Å². The van der Waals surface area contributed by atoms with Gasteiger partial charge in [0.05, 0.1) is 16.6 Å². The molecule has 2 aromatic carbocycles. The zero-order chi connectivity index (χ0) is 21.4. The molecular weight excluding hydrogens is 401 g/mol. The van der Waals surface area contributed by atoms with Crippen LogP contribution in [0.2, 0.25) is 0 Å². The number of aromatic nitrogens is 2. The van der Waals surface area contributed by atoms with Crippen molar-refractivity contribution >= 4 is 29.0 Å². The first-order chi connectivity index (χ1) is 14.3. The molecule has 3 aromatic rings. The van der Waals surface area contributed by atoms with E-state index < -0.39 is 0 Å². The number of nitrogens with one attached hydrogen (secondary N) is 2. The monoisotopic (exact) mass is 425 g/mol. The molecule has 0 bridgehead atoms. The Morgan fingerprint density at radius 2 is 1.90 bits per heavy atom. The van der Waals surface area contributed by atoms with Crippen molar-refractivity contribution in [2.45, 2.75) is 39.2 Å². The van der Waals surface area contributed by atoms with Gasteiger partial charge in [-0.1, -0.05) is 26.7 Å². The molecular formula is C23H24FN3O2S. The standard InChI is InChI=1S/C23H24FN3O2S/c1-13-4-3-5-19(14(13)2)25-21(28)15-6-11-18-20(12-15)26-23(30)27(22(18)29)17-9-7-16(24)8-10-17/h6-14,19H,3-5H2,1-2H3,(H,25,28)(H,26,30)/t13-,14+,19-/m1/s1. The number of halogens is 1. The Bertz CT molecular complexity index is 1220. The number of carbonyl (C=O) groups excluding carboxylic acids is 1. The van der Waals surface area contributed by atoms with Crippen molar-refractivity contribution in [2.75, 3.05) is 0 Å². The van der Waals surface area contributed by atoms with Gasteiger partial charge in [0.2, 0.25) is 0 Å². The molecule has 0 unspecified atom stereocenters. The Morgan fingerprint density at radius 3 is 2.63 bits per heavy atom. The summed E-state index contributed by atoms with van der Waals surface area (Å²) in [5.41, 5.74) is 1.15. The first kappa shape index (κ1) is 20.5. The lowest BCUT2D eigenvalue weighted by Gasteiger charge is -2.34. The van der Waals surface area contributed by atoms with Crippen LogP contribution < -0.4 is 10.9 Å². The second-order valence-electron chi connectivity index (χ2n) is 8.15. The van der Waals surface area contributed by atoms with Crippen molar-refractivity contribution in [1.82, 2.24) is 14.9 Å². The number of H-pyrrole nitrogens is 1. The summed E-state index contributed by atoms with van der Waals surface area (Å²) < 4.78 is 14.7. The van der Waals surface area contributed by atoms with Gasteiger partial charge in [-0.2, -0.15) is 0 Å². The molecule has 7 heteroatoms. The lowest BCUT2D eigenvalue weighted by Crippen LogP contribution is -2.43. The third kappa shape index (κ3) is 3.81. The fourth-order valence-electron chi connectivity index (χ4n) is 4.22. The maximum Gasteiger partial charge on any atom is 0.266 e. The zero-order valence-electron chi connectivity index (χ0n) is 16.9. The maximum atomic E-state index is 13.2. The van der Waals surface area contributed by atoms with Crippen LogP contribution in [0.5, 0.6) is 0 Å². The molecule has 3 atom stereocenters. The van der Waals surface area contributed by atoms with Crippen molar-refractivity contribution in [3.8, 4) is 5.69 Å². The van der Waals surface area contributed by atoms with Gasteiger partial charge in [-0.25, -0.2) is 4.39 Å². The van der Waals surface area contributed by atoms with Crippen molar-refractivity contribution in [2.24, 2.45) is 11.8 Å². The predicted molar refractivity (Wildman–Crippen MR) is 118 cm³/mol. The van der Waals surface area contributed by atoms with Gasteiger partial charge in [-0.05, 0) is 72.9 Å². The number of carbonyl (C=O) groups is 1. The summed E-state index contributed by atoms with van der Waals surface area (Å²) in [6.07, 6.45) is 3.29. The van der Waals surface area contributed by atoms with Gasteiger partial charge in [-0.15, -0.1) is 0 Å². The van der Waals surface area contributed by atoms with Gasteiger partial charge in [0.25, 0.3) is 11.5 Å². The highest BCUT2D eigenvalue weighted by Crippen LogP contribution is 2.29. The van der Waals surface area contributed by atoms with Crippen LogP contribution >= 0.6 is 12.2 Å². The average molecular weight is 426 g/mol. The highest BCUT2D eigenvalue weighted by atomic mass is 32.1. The molecule has 1 fully saturated rings. The first-order valence-electron chi connectivity index (χ1n) is 10.2. The van der Waals surface area contributed by atoms with E-state index in [0.29, 0.717) is 34.0 Å². The van der Waals surface area contributed by atoms with Gasteiger partial charge in [0.1, 0.15) is 5.82 Å². The number of amides is 1. The molecule has 2 N–H and O–H groups in total. The largest absolute Gasteiger partial charge is 0.349 e. The molecule has 1 aliphatic rings. The van der Waals surface area contributed by atoms with Gasteiger partial charge in [-0.3, -0.25) is 14.2 Å². The van der Waals surface area contributed by atoms with E-state index in [0.717, 1.165) is 12.8 Å². The molecule has 0 radical (unpaired) electrons. The average Bonchev–Trinajstić information content (AvgIpc) is 2.72. The lowest BCUT2D eigenvalue weighted by molar-refractivity contribution is 0.0891. The lowest BCUT2D eigenvalue weighted by atomic mass is 9.78. The molecule has 0 spiro atoms. The summed E-state index contributed by atoms with van der Waals surface area (Å²) in [6, 6.07) is 10.7. The summed E-state index contributed by atoms with van der Waals surface area (Å²) in [4.78, 5) is 28.9. The van der Waals surface area contributed by atoms with Gasteiger partial charge in [0.15, 0.2) is 4.77 Å². The molecule has 1 aliphatic carbocycles. The quantitative estimate of drug-likeness (QED) is 0.596. The van der Waals surface area contributed by atoms with Crippen LogP contribution in [-0.2, 0) is 0 Å². The highest BCUT2D eigenvalue weighted by molar-refractivity contribution is 7.71. The van der Waals surface area contributed by atoms with E-state index >= 15 is 0 Å². The van der Waals surface area contributed by atoms with Crippen LogP contribution in [-0.4, -0.2) is 21.5 Å². The minimum absolute atomic E-state index is 0.148. The molecule has 1 heterocycles. The fourth-order valence-corrected chi connectivity index (χ4v) is 4.52. The summed E-state index contributed by atoms with van der Waals surface area (Å²) in [5.74, 6) is 0.475. The van der Waals surface area contributed by atoms with E-state index in [1.54, 1.807) is 18.2 Å². The normalized spacial score (nSPS) is 21.5. The van der Waals surface area contributed by atoms with Crippen molar-refractivity contribution < 1.29 is 9.18 Å². The van der Waals surface area contributed by atoms with Crippen LogP contribution in [0.1, 0.15) is 43.5 Å². The maximum absolute atomic E-state index is 13.2. The Labute approximate surface area is 178 Å². The van der Waals surface area contributed by atoms with Crippen molar-refractivity contribution in [1.29, 1.82) is 0 Å². The summed E-state index contributed by atoms with van der Waals surface area (Å²) in [7, 11) is 0. The third-order valence-corrected chi connectivity index (χ3v) is 6.55. The molecule has 4 rings (SSSR count). The number of fused-ring (bicyclic) bond motifs is 1. The Hall–Kier alpha value is -2.80. The number of hydrogen-bond acceptors (Lipinski definition) is 3. The fraction of sp³-hybridized carbons (Fsp3) is 0.348. The molecule has 0 saturated heterocycles. The minimum atomic E-state index is -0.389. The minimum Gasteiger partial charge on any atom is -0.349 e. The number of aromatic amines is 1. The second-order valence-corrected chi connectivity index (χ2v) is 8.54. The van der Waals surface area contributed by atoms with Crippen LogP contribution in [0, 0.1) is 22.4 Å². The number of benzene rings is 2. The van der Waals surface area contributed by atoms with Crippen LogP contribution in [0.25, 0.3) is 16.6 Å².